The van der Waals surface area contributed by atoms with Crippen molar-refractivity contribution in [1.82, 2.24) is 9.80 Å². The number of likely N-dealkylation sites (N-methyl/N-ethyl adjacent to an activating group) is 1. The molecule has 0 radical (unpaired) electrons. The fourth-order valence-electron chi connectivity index (χ4n) is 2.79. The summed E-state index contributed by atoms with van der Waals surface area (Å²) in [6.07, 6.45) is 1.38. The predicted molar refractivity (Wildman–Crippen MR) is 99.8 cm³/mol. The van der Waals surface area contributed by atoms with E-state index in [0.717, 1.165) is 0 Å². The molecule has 0 aliphatic carbocycles. The first-order valence-corrected chi connectivity index (χ1v) is 8.45. The number of carbonyl (C=O) groups is 2. The molecular weight excluding hydrogens is 342 g/mol. The standard InChI is InChI=1S/C18H27N3O3.ClH/c1-14(12-19)20(2)18(23)15-8-10-21(11-9-15)17(22)13-24-16-6-4-3-5-7-16;/h3-7,14-15H,8-13,19H2,1-2H3;1H. The lowest BCUT2D eigenvalue weighted by atomic mass is 9.95. The first-order valence-electron chi connectivity index (χ1n) is 8.45. The van der Waals surface area contributed by atoms with E-state index >= 15 is 0 Å². The van der Waals surface area contributed by atoms with Gasteiger partial charge in [0.05, 0.1) is 0 Å². The quantitative estimate of drug-likeness (QED) is 0.825. The lowest BCUT2D eigenvalue weighted by Crippen LogP contribution is -2.47. The Hall–Kier alpha value is -1.79. The van der Waals surface area contributed by atoms with Gasteiger partial charge in [-0.25, -0.2) is 0 Å². The third-order valence-electron chi connectivity index (χ3n) is 4.65. The van der Waals surface area contributed by atoms with Gasteiger partial charge in [-0.05, 0) is 31.9 Å². The Morgan fingerprint density at radius 1 is 1.28 bits per heavy atom. The van der Waals surface area contributed by atoms with Crippen LogP contribution >= 0.6 is 12.4 Å². The molecule has 2 N–H and O–H groups in total. The Morgan fingerprint density at radius 2 is 1.88 bits per heavy atom. The molecule has 1 fully saturated rings. The van der Waals surface area contributed by atoms with Crippen LogP contribution in [0.3, 0.4) is 0 Å². The monoisotopic (exact) mass is 369 g/mol. The molecule has 1 atom stereocenters. The van der Waals surface area contributed by atoms with Crippen LogP contribution < -0.4 is 10.5 Å². The Labute approximate surface area is 155 Å². The van der Waals surface area contributed by atoms with E-state index in [9.17, 15) is 9.59 Å². The Balaban J connectivity index is 0.00000312. The average Bonchev–Trinajstić information content (AvgIpc) is 2.65. The van der Waals surface area contributed by atoms with Crippen molar-refractivity contribution in [2.75, 3.05) is 33.3 Å². The summed E-state index contributed by atoms with van der Waals surface area (Å²) in [7, 11) is 1.80. The summed E-state index contributed by atoms with van der Waals surface area (Å²) in [5.41, 5.74) is 5.62. The zero-order valence-electron chi connectivity index (χ0n) is 14.9. The summed E-state index contributed by atoms with van der Waals surface area (Å²) in [6.45, 7) is 3.62. The van der Waals surface area contributed by atoms with Crippen molar-refractivity contribution >= 4 is 24.2 Å². The third-order valence-corrected chi connectivity index (χ3v) is 4.65. The van der Waals surface area contributed by atoms with Gasteiger partial charge in [-0.2, -0.15) is 0 Å². The molecular formula is C18H28ClN3O3. The van der Waals surface area contributed by atoms with Gasteiger partial charge in [-0.1, -0.05) is 18.2 Å². The van der Waals surface area contributed by atoms with Crippen LogP contribution in [0.2, 0.25) is 0 Å². The molecule has 0 aromatic heterocycles. The minimum Gasteiger partial charge on any atom is -0.484 e. The second-order valence-electron chi connectivity index (χ2n) is 6.29. The molecule has 1 aromatic carbocycles. The number of benzene rings is 1. The number of halogens is 1. The number of para-hydroxylation sites is 1. The first kappa shape index (κ1) is 21.3. The smallest absolute Gasteiger partial charge is 0.260 e. The van der Waals surface area contributed by atoms with E-state index in [-0.39, 0.29) is 42.8 Å². The summed E-state index contributed by atoms with van der Waals surface area (Å²) in [5, 5.41) is 0. The van der Waals surface area contributed by atoms with Crippen LogP contribution in [0.1, 0.15) is 19.8 Å². The number of carbonyl (C=O) groups excluding carboxylic acids is 2. The highest BCUT2D eigenvalue weighted by Gasteiger charge is 2.30. The van der Waals surface area contributed by atoms with E-state index in [0.29, 0.717) is 38.2 Å². The van der Waals surface area contributed by atoms with Gasteiger partial charge in [0, 0.05) is 38.6 Å². The molecule has 1 saturated heterocycles. The molecule has 140 valence electrons. The topological polar surface area (TPSA) is 75.9 Å². The SMILES string of the molecule is CC(CN)N(C)C(=O)C1CCN(C(=O)COc2ccccc2)CC1.Cl. The molecule has 6 nitrogen and oxygen atoms in total. The summed E-state index contributed by atoms with van der Waals surface area (Å²) in [5.74, 6) is 0.755. The van der Waals surface area contributed by atoms with E-state index < -0.39 is 0 Å². The lowest BCUT2D eigenvalue weighted by molar-refractivity contribution is -0.141. The average molecular weight is 370 g/mol. The fraction of sp³-hybridized carbons (Fsp3) is 0.556. The number of ether oxygens (including phenoxy) is 1. The van der Waals surface area contributed by atoms with Crippen molar-refractivity contribution in [3.05, 3.63) is 30.3 Å². The van der Waals surface area contributed by atoms with Gasteiger partial charge in [-0.15, -0.1) is 12.4 Å². The van der Waals surface area contributed by atoms with Crippen molar-refractivity contribution in [1.29, 1.82) is 0 Å². The van der Waals surface area contributed by atoms with E-state index in [1.54, 1.807) is 16.8 Å². The molecule has 25 heavy (non-hydrogen) atoms. The maximum Gasteiger partial charge on any atom is 0.260 e. The number of nitrogens with two attached hydrogens (primary N) is 1. The molecule has 7 heteroatoms. The summed E-state index contributed by atoms with van der Waals surface area (Å²) >= 11 is 0. The van der Waals surface area contributed by atoms with E-state index in [2.05, 4.69) is 0 Å². The maximum absolute atomic E-state index is 12.4. The van der Waals surface area contributed by atoms with Gasteiger partial charge < -0.3 is 20.3 Å². The van der Waals surface area contributed by atoms with Crippen LogP contribution in [0.4, 0.5) is 0 Å². The molecule has 2 amide bonds. The molecule has 1 unspecified atom stereocenters. The molecule has 1 aromatic rings. The van der Waals surface area contributed by atoms with E-state index in [1.165, 1.54) is 0 Å². The van der Waals surface area contributed by atoms with E-state index in [4.69, 9.17) is 10.5 Å². The first-order chi connectivity index (χ1) is 11.5. The number of amides is 2. The van der Waals surface area contributed by atoms with Crippen LogP contribution in [-0.2, 0) is 9.59 Å². The van der Waals surface area contributed by atoms with Gasteiger partial charge in [-0.3, -0.25) is 9.59 Å². The summed E-state index contributed by atoms with van der Waals surface area (Å²) in [4.78, 5) is 28.2. The van der Waals surface area contributed by atoms with Crippen molar-refractivity contribution in [2.24, 2.45) is 11.7 Å². The molecule has 1 aliphatic heterocycles. The molecule has 0 bridgehead atoms. The Kier molecular flexibility index (Phi) is 8.72. The number of rotatable bonds is 6. The highest BCUT2D eigenvalue weighted by molar-refractivity contribution is 5.85. The minimum absolute atomic E-state index is 0. The van der Waals surface area contributed by atoms with E-state index in [1.807, 2.05) is 37.3 Å². The van der Waals surface area contributed by atoms with Crippen LogP contribution in [0.25, 0.3) is 0 Å². The van der Waals surface area contributed by atoms with Crippen molar-refractivity contribution in [2.45, 2.75) is 25.8 Å². The van der Waals surface area contributed by atoms with Gasteiger partial charge in [0.25, 0.3) is 5.91 Å². The van der Waals surface area contributed by atoms with Crippen LogP contribution in [0.15, 0.2) is 30.3 Å². The van der Waals surface area contributed by atoms with Crippen molar-refractivity contribution < 1.29 is 14.3 Å². The van der Waals surface area contributed by atoms with Gasteiger partial charge >= 0.3 is 0 Å². The Bertz CT molecular complexity index is 548. The molecule has 2 rings (SSSR count). The highest BCUT2D eigenvalue weighted by Crippen LogP contribution is 2.20. The molecule has 0 saturated carbocycles. The number of hydrogen-bond donors (Lipinski definition) is 1. The Morgan fingerprint density at radius 3 is 2.44 bits per heavy atom. The number of nitrogens with zero attached hydrogens (tertiary/aromatic N) is 2. The summed E-state index contributed by atoms with van der Waals surface area (Å²) < 4.78 is 5.50. The summed E-state index contributed by atoms with van der Waals surface area (Å²) in [6, 6.07) is 9.33. The second-order valence-corrected chi connectivity index (χ2v) is 6.29. The van der Waals surface area contributed by atoms with Gasteiger partial charge in [0.2, 0.25) is 5.91 Å². The number of piperidine rings is 1. The minimum atomic E-state index is -0.0339. The third kappa shape index (κ3) is 5.90. The fourth-order valence-corrected chi connectivity index (χ4v) is 2.79. The van der Waals surface area contributed by atoms with Crippen LogP contribution in [0.5, 0.6) is 5.75 Å². The zero-order valence-corrected chi connectivity index (χ0v) is 15.7. The van der Waals surface area contributed by atoms with Crippen molar-refractivity contribution in [3.63, 3.8) is 0 Å². The highest BCUT2D eigenvalue weighted by atomic mass is 35.5. The normalized spacial score (nSPS) is 15.9. The predicted octanol–water partition coefficient (Wildman–Crippen LogP) is 1.53. The lowest BCUT2D eigenvalue weighted by Gasteiger charge is -2.34. The number of hydrogen-bond acceptors (Lipinski definition) is 4. The van der Waals surface area contributed by atoms with Crippen LogP contribution in [0, 0.1) is 5.92 Å². The van der Waals surface area contributed by atoms with Gasteiger partial charge in [0.1, 0.15) is 5.75 Å². The maximum atomic E-state index is 12.4. The van der Waals surface area contributed by atoms with Crippen molar-refractivity contribution in [3.8, 4) is 5.75 Å². The molecule has 0 spiro atoms. The zero-order chi connectivity index (χ0) is 17.5. The molecule has 1 heterocycles. The van der Waals surface area contributed by atoms with Gasteiger partial charge in [0.15, 0.2) is 6.61 Å². The van der Waals surface area contributed by atoms with Crippen LogP contribution in [-0.4, -0.2) is 60.9 Å². The second kappa shape index (κ2) is 10.3. The molecule has 1 aliphatic rings. The number of likely N-dealkylation sites (tertiary alicyclic amines) is 1. The largest absolute Gasteiger partial charge is 0.484 e.